The Bertz CT molecular complexity index is 1010. The van der Waals surface area contributed by atoms with Crippen LogP contribution < -0.4 is 0 Å². The fourth-order valence-electron chi connectivity index (χ4n) is 2.73. The molecule has 0 aromatic carbocycles. The SMILES string of the molecule is CC(C)(C)c1ccc2nncn2c1.CC(C)(C)c1cccc2nncn12. The molecule has 0 aliphatic rings. The van der Waals surface area contributed by atoms with Gasteiger partial charge in [-0.3, -0.25) is 8.80 Å². The molecule has 0 N–H and O–H groups in total. The fourth-order valence-corrected chi connectivity index (χ4v) is 2.73. The molecule has 0 unspecified atom stereocenters. The zero-order valence-electron chi connectivity index (χ0n) is 16.3. The van der Waals surface area contributed by atoms with Gasteiger partial charge >= 0.3 is 0 Å². The largest absolute Gasteiger partial charge is 0.289 e. The van der Waals surface area contributed by atoms with Crippen LogP contribution in [0.25, 0.3) is 11.3 Å². The second-order valence-corrected chi connectivity index (χ2v) is 8.48. The molecule has 0 bridgehead atoms. The number of nitrogens with zero attached hydrogens (tertiary/aromatic N) is 6. The highest BCUT2D eigenvalue weighted by atomic mass is 15.2. The first kappa shape index (κ1) is 18.0. The third-order valence-corrected chi connectivity index (χ3v) is 4.26. The molecule has 4 aromatic rings. The van der Waals surface area contributed by atoms with Crippen molar-refractivity contribution in [3.63, 3.8) is 0 Å². The molecule has 0 saturated heterocycles. The lowest BCUT2D eigenvalue weighted by molar-refractivity contribution is 0.560. The Kier molecular flexibility index (Phi) is 4.52. The van der Waals surface area contributed by atoms with Crippen LogP contribution in [0, 0.1) is 0 Å². The van der Waals surface area contributed by atoms with E-state index >= 15 is 0 Å². The van der Waals surface area contributed by atoms with E-state index in [1.807, 2.05) is 27.0 Å². The van der Waals surface area contributed by atoms with E-state index in [9.17, 15) is 0 Å². The third-order valence-electron chi connectivity index (χ3n) is 4.26. The fraction of sp³-hybridized carbons (Fsp3) is 0.400. The van der Waals surface area contributed by atoms with Crippen LogP contribution in [0.2, 0.25) is 0 Å². The maximum Gasteiger partial charge on any atom is 0.160 e. The summed E-state index contributed by atoms with van der Waals surface area (Å²) in [5, 5.41) is 15.7. The number of aromatic nitrogens is 6. The maximum atomic E-state index is 4.01. The van der Waals surface area contributed by atoms with Gasteiger partial charge in [0.2, 0.25) is 0 Å². The summed E-state index contributed by atoms with van der Waals surface area (Å²) in [6.45, 7) is 13.1. The second-order valence-electron chi connectivity index (χ2n) is 8.48. The van der Waals surface area contributed by atoms with Crippen LogP contribution in [-0.2, 0) is 10.8 Å². The highest BCUT2D eigenvalue weighted by Gasteiger charge is 2.16. The highest BCUT2D eigenvalue weighted by molar-refractivity contribution is 5.40. The van der Waals surface area contributed by atoms with Gasteiger partial charge in [-0.25, -0.2) is 0 Å². The number of pyridine rings is 2. The molecule has 6 nitrogen and oxygen atoms in total. The Morgan fingerprint density at radius 1 is 0.731 bits per heavy atom. The Labute approximate surface area is 153 Å². The van der Waals surface area contributed by atoms with Gasteiger partial charge in [-0.2, -0.15) is 0 Å². The molecular formula is C20H26N6. The molecule has 4 heterocycles. The van der Waals surface area contributed by atoms with E-state index < -0.39 is 0 Å². The molecule has 4 aromatic heterocycles. The van der Waals surface area contributed by atoms with Gasteiger partial charge in [0.1, 0.15) is 12.7 Å². The molecule has 6 heteroatoms. The van der Waals surface area contributed by atoms with Crippen molar-refractivity contribution < 1.29 is 0 Å². The summed E-state index contributed by atoms with van der Waals surface area (Å²) in [4.78, 5) is 0. The monoisotopic (exact) mass is 350 g/mol. The lowest BCUT2D eigenvalue weighted by Crippen LogP contribution is -2.15. The molecule has 0 saturated carbocycles. The maximum absolute atomic E-state index is 4.01. The van der Waals surface area contributed by atoms with E-state index in [1.54, 1.807) is 12.7 Å². The van der Waals surface area contributed by atoms with Crippen LogP contribution in [0.3, 0.4) is 0 Å². The molecule has 0 aliphatic carbocycles. The third kappa shape index (κ3) is 3.74. The first-order chi connectivity index (χ1) is 12.2. The molecule has 0 aliphatic heterocycles. The summed E-state index contributed by atoms with van der Waals surface area (Å²) >= 11 is 0. The van der Waals surface area contributed by atoms with Crippen LogP contribution in [0.4, 0.5) is 0 Å². The lowest BCUT2D eigenvalue weighted by atomic mass is 9.88. The second kappa shape index (κ2) is 6.52. The Balaban J connectivity index is 0.000000151. The molecule has 0 radical (unpaired) electrons. The van der Waals surface area contributed by atoms with Crippen LogP contribution in [0.1, 0.15) is 52.8 Å². The lowest BCUT2D eigenvalue weighted by Gasteiger charge is -2.19. The molecule has 136 valence electrons. The zero-order valence-corrected chi connectivity index (χ0v) is 16.3. The van der Waals surface area contributed by atoms with Crippen molar-refractivity contribution in [1.29, 1.82) is 0 Å². The van der Waals surface area contributed by atoms with Crippen molar-refractivity contribution in [2.45, 2.75) is 52.4 Å². The minimum Gasteiger partial charge on any atom is -0.289 e. The number of fused-ring (bicyclic) bond motifs is 2. The summed E-state index contributed by atoms with van der Waals surface area (Å²) in [5.41, 5.74) is 4.63. The van der Waals surface area contributed by atoms with Crippen molar-refractivity contribution in [2.24, 2.45) is 0 Å². The average molecular weight is 350 g/mol. The van der Waals surface area contributed by atoms with Gasteiger partial charge in [0.25, 0.3) is 0 Å². The molecule has 0 spiro atoms. The van der Waals surface area contributed by atoms with Crippen LogP contribution in [-0.4, -0.2) is 29.2 Å². The Morgan fingerprint density at radius 3 is 2.12 bits per heavy atom. The number of hydrogen-bond acceptors (Lipinski definition) is 4. The quantitative estimate of drug-likeness (QED) is 0.480. The smallest absolute Gasteiger partial charge is 0.160 e. The normalized spacial score (nSPS) is 12.2. The minimum atomic E-state index is 0.127. The average Bonchev–Trinajstić information content (AvgIpc) is 3.21. The van der Waals surface area contributed by atoms with Gasteiger partial charge in [0.15, 0.2) is 11.3 Å². The van der Waals surface area contributed by atoms with Crippen molar-refractivity contribution in [3.8, 4) is 0 Å². The van der Waals surface area contributed by atoms with Crippen molar-refractivity contribution in [1.82, 2.24) is 29.2 Å². The van der Waals surface area contributed by atoms with Gasteiger partial charge in [-0.05, 0) is 29.2 Å². The summed E-state index contributed by atoms with van der Waals surface area (Å²) in [6, 6.07) is 10.2. The van der Waals surface area contributed by atoms with E-state index in [-0.39, 0.29) is 10.8 Å². The number of hydrogen-bond donors (Lipinski definition) is 0. The molecule has 0 fully saturated rings. The molecule has 26 heavy (non-hydrogen) atoms. The van der Waals surface area contributed by atoms with Crippen molar-refractivity contribution in [3.05, 3.63) is 60.4 Å². The number of rotatable bonds is 0. The van der Waals surface area contributed by atoms with Gasteiger partial charge in [-0.1, -0.05) is 53.7 Å². The van der Waals surface area contributed by atoms with Crippen LogP contribution in [0.5, 0.6) is 0 Å². The van der Waals surface area contributed by atoms with Gasteiger partial charge in [0, 0.05) is 17.3 Å². The van der Waals surface area contributed by atoms with Crippen molar-refractivity contribution in [2.75, 3.05) is 0 Å². The Hall–Kier alpha value is -2.76. The minimum absolute atomic E-state index is 0.127. The Morgan fingerprint density at radius 2 is 1.42 bits per heavy atom. The van der Waals surface area contributed by atoms with Gasteiger partial charge < -0.3 is 0 Å². The first-order valence-electron chi connectivity index (χ1n) is 8.75. The molecule has 4 rings (SSSR count). The summed E-state index contributed by atoms with van der Waals surface area (Å²) in [6.07, 6.45) is 5.57. The van der Waals surface area contributed by atoms with Gasteiger partial charge in [0.05, 0.1) is 0 Å². The van der Waals surface area contributed by atoms with Gasteiger partial charge in [-0.15, -0.1) is 20.4 Å². The summed E-state index contributed by atoms with van der Waals surface area (Å²) < 4.78 is 3.97. The van der Waals surface area contributed by atoms with Crippen LogP contribution in [0.15, 0.2) is 49.2 Å². The first-order valence-corrected chi connectivity index (χ1v) is 8.75. The van der Waals surface area contributed by atoms with E-state index in [1.165, 1.54) is 11.3 Å². The zero-order chi connectivity index (χ0) is 18.9. The van der Waals surface area contributed by atoms with E-state index in [2.05, 4.69) is 80.3 Å². The van der Waals surface area contributed by atoms with E-state index in [0.717, 1.165) is 11.3 Å². The van der Waals surface area contributed by atoms with Crippen LogP contribution >= 0.6 is 0 Å². The van der Waals surface area contributed by atoms with Crippen molar-refractivity contribution >= 4 is 11.3 Å². The predicted molar refractivity (Wildman–Crippen MR) is 103 cm³/mol. The summed E-state index contributed by atoms with van der Waals surface area (Å²) in [5.74, 6) is 0. The highest BCUT2D eigenvalue weighted by Crippen LogP contribution is 2.22. The van der Waals surface area contributed by atoms with E-state index in [0.29, 0.717) is 0 Å². The predicted octanol–water partition coefficient (Wildman–Crippen LogP) is 4.05. The summed E-state index contributed by atoms with van der Waals surface area (Å²) in [7, 11) is 0. The van der Waals surface area contributed by atoms with E-state index in [4.69, 9.17) is 0 Å². The standard InChI is InChI=1S/2C10H13N3/c1-10(2,3)8-4-5-9-12-11-7-13(9)6-8;1-10(2,3)8-5-4-6-9-12-11-7-13(8)9/h2*4-7H,1-3H3. The molecule has 0 atom stereocenters. The topological polar surface area (TPSA) is 60.4 Å². The molecular weight excluding hydrogens is 324 g/mol. The molecule has 0 amide bonds.